The van der Waals surface area contributed by atoms with Crippen molar-refractivity contribution >= 4 is 41.7 Å². The SMILES string of the molecule is CCSC1(CNC(=NC)NC2CCCN(Cc3ccccc3)C2)CCOCC1.I. The van der Waals surface area contributed by atoms with Gasteiger partial charge < -0.3 is 15.4 Å². The van der Waals surface area contributed by atoms with Crippen LogP contribution >= 0.6 is 35.7 Å². The van der Waals surface area contributed by atoms with Crippen LogP contribution in [-0.2, 0) is 11.3 Å². The lowest BCUT2D eigenvalue weighted by Gasteiger charge is -2.38. The van der Waals surface area contributed by atoms with E-state index < -0.39 is 0 Å². The molecule has 5 nitrogen and oxygen atoms in total. The molecule has 2 fully saturated rings. The first kappa shape index (κ1) is 24.8. The van der Waals surface area contributed by atoms with Crippen LogP contribution in [0.2, 0.25) is 0 Å². The molecule has 2 aliphatic heterocycles. The zero-order chi connectivity index (χ0) is 19.7. The Morgan fingerprint density at radius 1 is 1.28 bits per heavy atom. The molecular weight excluding hydrogens is 495 g/mol. The molecule has 2 aliphatic rings. The normalized spacial score (nSPS) is 22.6. The summed E-state index contributed by atoms with van der Waals surface area (Å²) in [4.78, 5) is 7.05. The minimum Gasteiger partial charge on any atom is -0.381 e. The Morgan fingerprint density at radius 3 is 2.72 bits per heavy atom. The van der Waals surface area contributed by atoms with Gasteiger partial charge >= 0.3 is 0 Å². The lowest BCUT2D eigenvalue weighted by atomic mass is 9.99. The van der Waals surface area contributed by atoms with Gasteiger partial charge in [0.15, 0.2) is 5.96 Å². The standard InChI is InChI=1S/C22H36N4OS.HI/c1-3-28-22(11-14-27-15-12-22)18-24-21(23-2)25-20-10-7-13-26(17-20)16-19-8-5-4-6-9-19;/h4-6,8-9,20H,3,7,10-18H2,1-2H3,(H2,23,24,25);1H. The van der Waals surface area contributed by atoms with Gasteiger partial charge in [0.2, 0.25) is 0 Å². The van der Waals surface area contributed by atoms with Crippen LogP contribution in [0.25, 0.3) is 0 Å². The predicted molar refractivity (Wildman–Crippen MR) is 136 cm³/mol. The van der Waals surface area contributed by atoms with Gasteiger partial charge in [0.05, 0.1) is 0 Å². The lowest BCUT2D eigenvalue weighted by molar-refractivity contribution is 0.0781. The summed E-state index contributed by atoms with van der Waals surface area (Å²) < 4.78 is 5.87. The number of nitrogens with one attached hydrogen (secondary N) is 2. The third-order valence-electron chi connectivity index (χ3n) is 5.75. The summed E-state index contributed by atoms with van der Waals surface area (Å²) in [5.74, 6) is 2.08. The second kappa shape index (κ2) is 13.0. The highest BCUT2D eigenvalue weighted by atomic mass is 127. The van der Waals surface area contributed by atoms with Crippen LogP contribution in [0.15, 0.2) is 35.3 Å². The molecule has 0 radical (unpaired) electrons. The van der Waals surface area contributed by atoms with Crippen molar-refractivity contribution in [2.24, 2.45) is 4.99 Å². The van der Waals surface area contributed by atoms with E-state index in [9.17, 15) is 0 Å². The largest absolute Gasteiger partial charge is 0.381 e. The number of likely N-dealkylation sites (tertiary alicyclic amines) is 1. The number of benzene rings is 1. The summed E-state index contributed by atoms with van der Waals surface area (Å²) in [7, 11) is 1.88. The maximum atomic E-state index is 5.59. The number of halogens is 1. The van der Waals surface area contributed by atoms with E-state index in [2.05, 4.69) is 69.5 Å². The number of hydrogen-bond acceptors (Lipinski definition) is 4. The van der Waals surface area contributed by atoms with Crippen molar-refractivity contribution in [3.63, 3.8) is 0 Å². The van der Waals surface area contributed by atoms with Crippen LogP contribution in [0.5, 0.6) is 0 Å². The van der Waals surface area contributed by atoms with Gasteiger partial charge in [-0.2, -0.15) is 11.8 Å². The summed E-state index contributed by atoms with van der Waals surface area (Å²) in [6.07, 6.45) is 4.66. The molecule has 0 bridgehead atoms. The number of guanidine groups is 1. The fourth-order valence-corrected chi connectivity index (χ4v) is 5.46. The first-order valence-corrected chi connectivity index (χ1v) is 11.7. The van der Waals surface area contributed by atoms with Crippen LogP contribution in [0.4, 0.5) is 0 Å². The maximum absolute atomic E-state index is 5.59. The van der Waals surface area contributed by atoms with Gasteiger partial charge in [0.25, 0.3) is 0 Å². The van der Waals surface area contributed by atoms with Crippen LogP contribution in [0.1, 0.15) is 38.2 Å². The molecule has 1 aromatic carbocycles. The first-order chi connectivity index (χ1) is 13.7. The Balaban J connectivity index is 0.00000300. The molecule has 0 saturated carbocycles. The summed E-state index contributed by atoms with van der Waals surface area (Å²) in [6, 6.07) is 11.2. The third-order valence-corrected chi connectivity index (χ3v) is 7.21. The smallest absolute Gasteiger partial charge is 0.191 e. The van der Waals surface area contributed by atoms with Gasteiger partial charge in [0.1, 0.15) is 0 Å². The molecule has 1 unspecified atom stereocenters. The first-order valence-electron chi connectivity index (χ1n) is 10.7. The van der Waals surface area contributed by atoms with E-state index in [1.807, 2.05) is 7.05 Å². The second-order valence-corrected chi connectivity index (χ2v) is 9.59. The molecule has 1 atom stereocenters. The van der Waals surface area contributed by atoms with Crippen LogP contribution < -0.4 is 10.6 Å². The molecule has 0 aromatic heterocycles. The van der Waals surface area contributed by atoms with Gasteiger partial charge in [-0.3, -0.25) is 9.89 Å². The Kier molecular flexibility index (Phi) is 11.1. The quantitative estimate of drug-likeness (QED) is 0.319. The van der Waals surface area contributed by atoms with Crippen molar-refractivity contribution in [2.45, 2.75) is 49.9 Å². The van der Waals surface area contributed by atoms with E-state index in [1.165, 1.54) is 24.9 Å². The molecule has 1 aromatic rings. The molecule has 0 amide bonds. The van der Waals surface area contributed by atoms with Crippen LogP contribution in [0, 0.1) is 0 Å². The number of ether oxygens (including phenoxy) is 1. The van der Waals surface area contributed by atoms with Gasteiger partial charge in [0, 0.05) is 50.7 Å². The van der Waals surface area contributed by atoms with Gasteiger partial charge in [-0.1, -0.05) is 37.3 Å². The van der Waals surface area contributed by atoms with Crippen LogP contribution in [0.3, 0.4) is 0 Å². The van der Waals surface area contributed by atoms with E-state index >= 15 is 0 Å². The van der Waals surface area contributed by atoms with Gasteiger partial charge in [-0.05, 0) is 43.5 Å². The predicted octanol–water partition coefficient (Wildman–Crippen LogP) is 3.74. The van der Waals surface area contributed by atoms with E-state index in [0.717, 1.165) is 57.4 Å². The fourth-order valence-electron chi connectivity index (χ4n) is 4.21. The van der Waals surface area contributed by atoms with Crippen molar-refractivity contribution in [3.05, 3.63) is 35.9 Å². The summed E-state index contributed by atoms with van der Waals surface area (Å²) in [6.45, 7) is 8.22. The van der Waals surface area contributed by atoms with Gasteiger partial charge in [-0.25, -0.2) is 0 Å². The molecule has 2 N–H and O–H groups in total. The van der Waals surface area contributed by atoms with Crippen molar-refractivity contribution in [2.75, 3.05) is 45.6 Å². The highest BCUT2D eigenvalue weighted by Crippen LogP contribution is 2.34. The van der Waals surface area contributed by atoms with Crippen molar-refractivity contribution < 1.29 is 4.74 Å². The Bertz CT molecular complexity index is 605. The molecule has 164 valence electrons. The van der Waals surface area contributed by atoms with Gasteiger partial charge in [-0.15, -0.1) is 24.0 Å². The highest BCUT2D eigenvalue weighted by Gasteiger charge is 2.33. The Morgan fingerprint density at radius 2 is 2.03 bits per heavy atom. The molecule has 0 spiro atoms. The summed E-state index contributed by atoms with van der Waals surface area (Å²) in [5.41, 5.74) is 1.39. The summed E-state index contributed by atoms with van der Waals surface area (Å²) in [5, 5.41) is 7.30. The van der Waals surface area contributed by atoms with Crippen molar-refractivity contribution in [1.29, 1.82) is 0 Å². The molecule has 7 heteroatoms. The Labute approximate surface area is 197 Å². The zero-order valence-electron chi connectivity index (χ0n) is 17.9. The number of aliphatic imine (C=N–C) groups is 1. The molecular formula is C22H37IN4OS. The number of nitrogens with zero attached hydrogens (tertiary/aromatic N) is 2. The van der Waals surface area contributed by atoms with Crippen LogP contribution in [-0.4, -0.2) is 67.3 Å². The Hall–Kier alpha value is -0.510. The molecule has 2 saturated heterocycles. The fraction of sp³-hybridized carbons (Fsp3) is 0.682. The summed E-state index contributed by atoms with van der Waals surface area (Å²) >= 11 is 2.07. The molecule has 3 rings (SSSR count). The third kappa shape index (κ3) is 7.92. The topological polar surface area (TPSA) is 48.9 Å². The second-order valence-electron chi connectivity index (χ2n) is 7.86. The van der Waals surface area contributed by atoms with E-state index in [1.54, 1.807) is 0 Å². The maximum Gasteiger partial charge on any atom is 0.191 e. The lowest BCUT2D eigenvalue weighted by Crippen LogP contribution is -2.53. The van der Waals surface area contributed by atoms with E-state index in [4.69, 9.17) is 4.74 Å². The van der Waals surface area contributed by atoms with Crippen molar-refractivity contribution in [1.82, 2.24) is 15.5 Å². The van der Waals surface area contributed by atoms with Crippen molar-refractivity contribution in [3.8, 4) is 0 Å². The number of hydrogen-bond donors (Lipinski definition) is 2. The average Bonchev–Trinajstić information content (AvgIpc) is 2.73. The zero-order valence-corrected chi connectivity index (χ0v) is 21.0. The number of rotatable bonds is 7. The van der Waals surface area contributed by atoms with E-state index in [0.29, 0.717) is 6.04 Å². The molecule has 2 heterocycles. The minimum atomic E-state index is 0. The number of thioether (sulfide) groups is 1. The minimum absolute atomic E-state index is 0. The number of piperidine rings is 1. The monoisotopic (exact) mass is 532 g/mol. The molecule has 29 heavy (non-hydrogen) atoms. The highest BCUT2D eigenvalue weighted by molar-refractivity contribution is 14.0. The molecule has 0 aliphatic carbocycles. The average molecular weight is 533 g/mol. The van der Waals surface area contributed by atoms with E-state index in [-0.39, 0.29) is 28.7 Å².